The molecule has 2 heteroatoms. The van der Waals surface area contributed by atoms with Crippen LogP contribution >= 0.6 is 11.6 Å². The van der Waals surface area contributed by atoms with Gasteiger partial charge in [-0.2, -0.15) is 0 Å². The van der Waals surface area contributed by atoms with Crippen molar-refractivity contribution in [2.45, 2.75) is 65.0 Å². The minimum atomic E-state index is 0.506. The fraction of sp³-hybridized carbons (Fsp3) is 0.647. The number of nitrogens with one attached hydrogen (secondary N) is 1. The Kier molecular flexibility index (Phi) is 4.92. The van der Waals surface area contributed by atoms with E-state index in [2.05, 4.69) is 38.2 Å². The zero-order valence-corrected chi connectivity index (χ0v) is 13.1. The van der Waals surface area contributed by atoms with Gasteiger partial charge in [0, 0.05) is 17.1 Å². The van der Waals surface area contributed by atoms with Crippen LogP contribution in [0.25, 0.3) is 0 Å². The van der Waals surface area contributed by atoms with Gasteiger partial charge in [-0.15, -0.1) is 0 Å². The third-order valence-corrected chi connectivity index (χ3v) is 4.39. The second-order valence-electron chi connectivity index (χ2n) is 6.86. The summed E-state index contributed by atoms with van der Waals surface area (Å²) in [5.74, 6) is 0. The molecule has 0 aliphatic heterocycles. The predicted molar refractivity (Wildman–Crippen MR) is 83.8 cm³/mol. The summed E-state index contributed by atoms with van der Waals surface area (Å²) in [5, 5.41) is 4.64. The molecule has 2 atom stereocenters. The molecule has 0 bridgehead atoms. The lowest BCUT2D eigenvalue weighted by Gasteiger charge is -2.37. The van der Waals surface area contributed by atoms with Crippen LogP contribution in [-0.2, 0) is 6.42 Å². The topological polar surface area (TPSA) is 12.0 Å². The quantitative estimate of drug-likeness (QED) is 0.832. The molecule has 2 unspecified atom stereocenters. The van der Waals surface area contributed by atoms with Crippen molar-refractivity contribution >= 4 is 11.6 Å². The average molecular weight is 280 g/mol. The van der Waals surface area contributed by atoms with E-state index in [1.54, 1.807) is 0 Å². The Bertz CT molecular complexity index is 413. The Morgan fingerprint density at radius 1 is 1.42 bits per heavy atom. The first-order chi connectivity index (χ1) is 8.94. The molecule has 0 radical (unpaired) electrons. The van der Waals surface area contributed by atoms with Crippen molar-refractivity contribution in [3.63, 3.8) is 0 Å². The van der Waals surface area contributed by atoms with Crippen molar-refractivity contribution in [2.75, 3.05) is 0 Å². The van der Waals surface area contributed by atoms with E-state index < -0.39 is 0 Å². The van der Waals surface area contributed by atoms with Crippen LogP contribution in [0.3, 0.4) is 0 Å². The lowest BCUT2D eigenvalue weighted by Crippen LogP contribution is -2.42. The van der Waals surface area contributed by atoms with Gasteiger partial charge in [-0.3, -0.25) is 0 Å². The maximum Gasteiger partial charge on any atom is 0.0408 e. The molecule has 0 amide bonds. The first kappa shape index (κ1) is 14.9. The Morgan fingerprint density at radius 3 is 2.89 bits per heavy atom. The van der Waals surface area contributed by atoms with E-state index in [4.69, 9.17) is 11.6 Å². The molecule has 1 aliphatic carbocycles. The van der Waals surface area contributed by atoms with Crippen molar-refractivity contribution in [1.29, 1.82) is 0 Å². The van der Waals surface area contributed by atoms with Crippen LogP contribution in [0.2, 0.25) is 5.02 Å². The Labute approximate surface area is 122 Å². The van der Waals surface area contributed by atoms with E-state index in [9.17, 15) is 0 Å². The van der Waals surface area contributed by atoms with Crippen LogP contribution < -0.4 is 5.32 Å². The van der Waals surface area contributed by atoms with Crippen LogP contribution in [0.1, 0.15) is 52.0 Å². The first-order valence-electron chi connectivity index (χ1n) is 7.45. The van der Waals surface area contributed by atoms with E-state index in [1.165, 1.54) is 31.2 Å². The maximum atomic E-state index is 6.04. The Hall–Kier alpha value is -0.530. The molecule has 1 fully saturated rings. The minimum Gasteiger partial charge on any atom is -0.311 e. The van der Waals surface area contributed by atoms with Crippen LogP contribution in [0.5, 0.6) is 0 Å². The summed E-state index contributed by atoms with van der Waals surface area (Å²) in [6.07, 6.45) is 6.40. The SMILES string of the molecule is CC(Cc1cccc(Cl)c1)NC1CCCC(C)(C)C1. The van der Waals surface area contributed by atoms with Gasteiger partial charge in [0.15, 0.2) is 0 Å². The highest BCUT2D eigenvalue weighted by molar-refractivity contribution is 6.30. The molecule has 1 N–H and O–H groups in total. The molecule has 106 valence electrons. The van der Waals surface area contributed by atoms with Gasteiger partial charge in [0.25, 0.3) is 0 Å². The molecular formula is C17H26ClN. The summed E-state index contributed by atoms with van der Waals surface area (Å²) < 4.78 is 0. The summed E-state index contributed by atoms with van der Waals surface area (Å²) in [7, 11) is 0. The third-order valence-electron chi connectivity index (χ3n) is 4.16. The van der Waals surface area contributed by atoms with Gasteiger partial charge in [0.1, 0.15) is 0 Å². The molecule has 1 nitrogen and oxygen atoms in total. The van der Waals surface area contributed by atoms with Gasteiger partial charge in [0.05, 0.1) is 0 Å². The van der Waals surface area contributed by atoms with E-state index in [-0.39, 0.29) is 0 Å². The molecule has 0 heterocycles. The van der Waals surface area contributed by atoms with Gasteiger partial charge >= 0.3 is 0 Å². The second-order valence-corrected chi connectivity index (χ2v) is 7.30. The number of hydrogen-bond donors (Lipinski definition) is 1. The smallest absolute Gasteiger partial charge is 0.0408 e. The standard InChI is InChI=1S/C17H26ClN/c1-13(10-14-6-4-7-15(18)11-14)19-16-8-5-9-17(2,3)12-16/h4,6-7,11,13,16,19H,5,8-10,12H2,1-3H3. The first-order valence-corrected chi connectivity index (χ1v) is 7.83. The summed E-state index contributed by atoms with van der Waals surface area (Å²) >= 11 is 6.04. The van der Waals surface area contributed by atoms with Gasteiger partial charge in [-0.25, -0.2) is 0 Å². The number of benzene rings is 1. The highest BCUT2D eigenvalue weighted by atomic mass is 35.5. The van der Waals surface area contributed by atoms with E-state index in [0.717, 1.165) is 11.4 Å². The number of rotatable bonds is 4. The van der Waals surface area contributed by atoms with E-state index in [1.807, 2.05) is 12.1 Å². The van der Waals surface area contributed by atoms with Crippen molar-refractivity contribution in [2.24, 2.45) is 5.41 Å². The Balaban J connectivity index is 1.85. The lowest BCUT2D eigenvalue weighted by atomic mass is 9.75. The average Bonchev–Trinajstić information content (AvgIpc) is 2.27. The van der Waals surface area contributed by atoms with Gasteiger partial charge in [0.2, 0.25) is 0 Å². The molecule has 1 aliphatic rings. The molecular weight excluding hydrogens is 254 g/mol. The summed E-state index contributed by atoms with van der Waals surface area (Å²) in [5.41, 5.74) is 1.83. The number of halogens is 1. The van der Waals surface area contributed by atoms with Crippen LogP contribution in [0, 0.1) is 5.41 Å². The van der Waals surface area contributed by atoms with Crippen LogP contribution in [0.15, 0.2) is 24.3 Å². The molecule has 0 aromatic heterocycles. The molecule has 19 heavy (non-hydrogen) atoms. The minimum absolute atomic E-state index is 0.506. The molecule has 0 saturated heterocycles. The summed E-state index contributed by atoms with van der Waals surface area (Å²) in [4.78, 5) is 0. The third kappa shape index (κ3) is 4.81. The molecule has 0 spiro atoms. The maximum absolute atomic E-state index is 6.04. The fourth-order valence-electron chi connectivity index (χ4n) is 3.32. The van der Waals surface area contributed by atoms with E-state index >= 15 is 0 Å². The van der Waals surface area contributed by atoms with Crippen molar-refractivity contribution in [3.8, 4) is 0 Å². The largest absolute Gasteiger partial charge is 0.311 e. The molecule has 1 saturated carbocycles. The van der Waals surface area contributed by atoms with Gasteiger partial charge in [-0.05, 0) is 55.7 Å². The zero-order valence-electron chi connectivity index (χ0n) is 12.4. The summed E-state index contributed by atoms with van der Waals surface area (Å²) in [6, 6.07) is 9.40. The molecule has 2 rings (SSSR count). The van der Waals surface area contributed by atoms with Crippen LogP contribution in [0.4, 0.5) is 0 Å². The van der Waals surface area contributed by atoms with Crippen LogP contribution in [-0.4, -0.2) is 12.1 Å². The zero-order chi connectivity index (χ0) is 13.9. The van der Waals surface area contributed by atoms with E-state index in [0.29, 0.717) is 17.5 Å². The fourth-order valence-corrected chi connectivity index (χ4v) is 3.53. The van der Waals surface area contributed by atoms with Gasteiger partial charge < -0.3 is 5.32 Å². The summed E-state index contributed by atoms with van der Waals surface area (Å²) in [6.45, 7) is 7.06. The highest BCUT2D eigenvalue weighted by Gasteiger charge is 2.28. The molecule has 1 aromatic rings. The van der Waals surface area contributed by atoms with Crippen molar-refractivity contribution < 1.29 is 0 Å². The molecule has 1 aromatic carbocycles. The van der Waals surface area contributed by atoms with Crippen molar-refractivity contribution in [3.05, 3.63) is 34.9 Å². The lowest BCUT2D eigenvalue weighted by molar-refractivity contribution is 0.190. The second kappa shape index (κ2) is 6.28. The highest BCUT2D eigenvalue weighted by Crippen LogP contribution is 2.35. The van der Waals surface area contributed by atoms with Crippen molar-refractivity contribution in [1.82, 2.24) is 5.32 Å². The monoisotopic (exact) mass is 279 g/mol. The Morgan fingerprint density at radius 2 is 2.21 bits per heavy atom. The predicted octanol–water partition coefficient (Wildman–Crippen LogP) is 4.83. The normalized spacial score (nSPS) is 24.1. The number of hydrogen-bond acceptors (Lipinski definition) is 1. The van der Waals surface area contributed by atoms with Gasteiger partial charge in [-0.1, -0.05) is 44.0 Å².